The van der Waals surface area contributed by atoms with Gasteiger partial charge in [-0.05, 0) is 61.4 Å². The summed E-state index contributed by atoms with van der Waals surface area (Å²) in [5.41, 5.74) is 2.36. The molecule has 180 valence electrons. The molecule has 8 heteroatoms. The van der Waals surface area contributed by atoms with Crippen molar-refractivity contribution < 1.29 is 14.3 Å². The topological polar surface area (TPSA) is 66.9 Å². The minimum absolute atomic E-state index is 0.100. The van der Waals surface area contributed by atoms with Crippen molar-refractivity contribution in [1.82, 2.24) is 4.98 Å². The molecule has 34 heavy (non-hydrogen) atoms. The van der Waals surface area contributed by atoms with Crippen molar-refractivity contribution in [2.75, 3.05) is 67.7 Å². The molecule has 3 aliphatic heterocycles. The summed E-state index contributed by atoms with van der Waals surface area (Å²) in [6.07, 6.45) is 5.20. The van der Waals surface area contributed by atoms with E-state index in [1.165, 1.54) is 30.6 Å². The lowest BCUT2D eigenvalue weighted by molar-refractivity contribution is 0.0455. The van der Waals surface area contributed by atoms with Crippen LogP contribution in [0.15, 0.2) is 41.3 Å². The first kappa shape index (κ1) is 22.2. The molecular formula is C26H32N4O3S. The number of morpholine rings is 1. The number of hydrogen-bond donors (Lipinski definition) is 1. The number of aromatic nitrogens is 1. The molecule has 1 aromatic carbocycles. The van der Waals surface area contributed by atoms with Crippen LogP contribution in [0.2, 0.25) is 0 Å². The monoisotopic (exact) mass is 480 g/mol. The number of pyridine rings is 1. The van der Waals surface area contributed by atoms with Crippen molar-refractivity contribution in [3.05, 3.63) is 42.0 Å². The molecule has 4 heterocycles. The van der Waals surface area contributed by atoms with Gasteiger partial charge in [0.2, 0.25) is 0 Å². The Bertz CT molecular complexity index is 1040. The Morgan fingerprint density at radius 1 is 0.971 bits per heavy atom. The molecule has 1 aliphatic carbocycles. The number of piperidine rings is 1. The normalized spacial score (nSPS) is 21.9. The third-order valence-corrected chi connectivity index (χ3v) is 8.69. The molecule has 0 bridgehead atoms. The Balaban J connectivity index is 1.22. The van der Waals surface area contributed by atoms with Gasteiger partial charge in [-0.15, -0.1) is 11.8 Å². The number of carbonyl (C=O) groups excluding carboxylic acids is 1. The molecule has 4 aliphatic rings. The Labute approximate surface area is 205 Å². The second-order valence-corrected chi connectivity index (χ2v) is 11.3. The summed E-state index contributed by atoms with van der Waals surface area (Å²) in [6, 6.07) is 12.1. The zero-order chi connectivity index (χ0) is 23.0. The third kappa shape index (κ3) is 4.76. The smallest absolute Gasteiger partial charge is 0.258 e. The minimum atomic E-state index is -0.100. The molecule has 4 fully saturated rings. The number of benzene rings is 1. The fourth-order valence-electron chi connectivity index (χ4n) is 5.06. The molecule has 1 aromatic heterocycles. The van der Waals surface area contributed by atoms with Crippen molar-refractivity contribution in [1.29, 1.82) is 0 Å². The van der Waals surface area contributed by atoms with E-state index in [-0.39, 0.29) is 5.91 Å². The number of anilines is 3. The third-order valence-electron chi connectivity index (χ3n) is 7.56. The van der Waals surface area contributed by atoms with E-state index >= 15 is 0 Å². The summed E-state index contributed by atoms with van der Waals surface area (Å²) in [4.78, 5) is 24.0. The second kappa shape index (κ2) is 9.40. The summed E-state index contributed by atoms with van der Waals surface area (Å²) < 4.78 is 10.8. The van der Waals surface area contributed by atoms with Crippen LogP contribution in [0.4, 0.5) is 17.3 Å². The molecule has 0 atom stereocenters. The van der Waals surface area contributed by atoms with Gasteiger partial charge >= 0.3 is 0 Å². The van der Waals surface area contributed by atoms with Crippen LogP contribution in [0, 0.1) is 5.41 Å². The van der Waals surface area contributed by atoms with Crippen LogP contribution in [-0.2, 0) is 9.47 Å². The van der Waals surface area contributed by atoms with Crippen LogP contribution in [0.5, 0.6) is 0 Å². The zero-order valence-corrected chi connectivity index (χ0v) is 20.3. The number of nitrogens with one attached hydrogen (secondary N) is 1. The standard InChI is InChI=1S/C26H32N4O3S/c31-25(28-23-2-1-3-24(27-23)30-12-14-32-15-13-30)21-5-4-19(34-20-17-33-18-20)16-22(21)29-10-8-26(6-7-26)9-11-29/h1-5,16,20H,6-15,17-18H2,(H,27,28,31). The van der Waals surface area contributed by atoms with Crippen molar-refractivity contribution in [2.24, 2.45) is 5.41 Å². The van der Waals surface area contributed by atoms with Gasteiger partial charge in [-0.3, -0.25) is 4.79 Å². The van der Waals surface area contributed by atoms with Gasteiger partial charge in [-0.25, -0.2) is 4.98 Å². The molecule has 1 amide bonds. The van der Waals surface area contributed by atoms with Gasteiger partial charge in [0.25, 0.3) is 5.91 Å². The molecular weight excluding hydrogens is 448 g/mol. The van der Waals surface area contributed by atoms with Crippen molar-refractivity contribution in [2.45, 2.75) is 35.8 Å². The number of nitrogens with zero attached hydrogens (tertiary/aromatic N) is 3. The highest BCUT2D eigenvalue weighted by Crippen LogP contribution is 2.54. The lowest BCUT2D eigenvalue weighted by Gasteiger charge is -2.35. The number of carbonyl (C=O) groups is 1. The van der Waals surface area contributed by atoms with Crippen LogP contribution in [0.1, 0.15) is 36.0 Å². The molecule has 3 saturated heterocycles. The van der Waals surface area contributed by atoms with Gasteiger partial charge in [0.05, 0.1) is 42.9 Å². The fraction of sp³-hybridized carbons (Fsp3) is 0.538. The molecule has 7 nitrogen and oxygen atoms in total. The van der Waals surface area contributed by atoms with Gasteiger partial charge < -0.3 is 24.6 Å². The molecule has 0 unspecified atom stereocenters. The highest BCUT2D eigenvalue weighted by Gasteiger charge is 2.44. The Hall–Kier alpha value is -2.29. The number of thioether (sulfide) groups is 1. The van der Waals surface area contributed by atoms with E-state index in [0.29, 0.717) is 29.7 Å². The van der Waals surface area contributed by atoms with Crippen LogP contribution in [0.25, 0.3) is 0 Å². The van der Waals surface area contributed by atoms with E-state index in [1.54, 1.807) is 0 Å². The fourth-order valence-corrected chi connectivity index (χ4v) is 6.10. The van der Waals surface area contributed by atoms with Crippen molar-refractivity contribution in [3.63, 3.8) is 0 Å². The van der Waals surface area contributed by atoms with Gasteiger partial charge in [-0.2, -0.15) is 0 Å². The quantitative estimate of drug-likeness (QED) is 0.669. The Morgan fingerprint density at radius 2 is 1.76 bits per heavy atom. The first-order valence-corrected chi connectivity index (χ1v) is 13.3. The van der Waals surface area contributed by atoms with E-state index in [2.05, 4.69) is 27.2 Å². The Kier molecular flexibility index (Phi) is 6.13. The van der Waals surface area contributed by atoms with E-state index < -0.39 is 0 Å². The van der Waals surface area contributed by atoms with Crippen molar-refractivity contribution >= 4 is 35.0 Å². The second-order valence-electron chi connectivity index (χ2n) is 9.88. The first-order valence-electron chi connectivity index (χ1n) is 12.4. The van der Waals surface area contributed by atoms with E-state index in [1.807, 2.05) is 36.0 Å². The summed E-state index contributed by atoms with van der Waals surface area (Å²) in [5.74, 6) is 1.36. The maximum Gasteiger partial charge on any atom is 0.258 e. The number of rotatable bonds is 6. The SMILES string of the molecule is O=C(Nc1cccc(N2CCOCC2)n1)c1ccc(SC2COC2)cc1N1CCC2(CC1)CC2. The van der Waals surface area contributed by atoms with E-state index in [9.17, 15) is 4.79 Å². The van der Waals surface area contributed by atoms with Gasteiger partial charge in [-0.1, -0.05) is 6.07 Å². The molecule has 1 N–H and O–H groups in total. The van der Waals surface area contributed by atoms with E-state index in [4.69, 9.17) is 14.5 Å². The highest BCUT2D eigenvalue weighted by atomic mass is 32.2. The number of hydrogen-bond acceptors (Lipinski definition) is 7. The first-order chi connectivity index (χ1) is 16.7. The van der Waals surface area contributed by atoms with Crippen molar-refractivity contribution in [3.8, 4) is 0 Å². The average molecular weight is 481 g/mol. The predicted octanol–water partition coefficient (Wildman–Crippen LogP) is 4.04. The van der Waals surface area contributed by atoms with Gasteiger partial charge in [0.1, 0.15) is 11.6 Å². The Morgan fingerprint density at radius 3 is 2.47 bits per heavy atom. The molecule has 1 saturated carbocycles. The maximum absolute atomic E-state index is 13.5. The lowest BCUT2D eigenvalue weighted by Crippen LogP contribution is -2.37. The minimum Gasteiger partial charge on any atom is -0.379 e. The number of amides is 1. The summed E-state index contributed by atoms with van der Waals surface area (Å²) in [5, 5.41) is 3.58. The molecule has 2 aromatic rings. The average Bonchev–Trinajstić information content (AvgIpc) is 3.61. The van der Waals surface area contributed by atoms with Gasteiger partial charge in [0, 0.05) is 31.1 Å². The summed E-state index contributed by atoms with van der Waals surface area (Å²) in [7, 11) is 0. The van der Waals surface area contributed by atoms with Crippen LogP contribution >= 0.6 is 11.8 Å². The zero-order valence-electron chi connectivity index (χ0n) is 19.5. The highest BCUT2D eigenvalue weighted by molar-refractivity contribution is 8.00. The summed E-state index contributed by atoms with van der Waals surface area (Å²) >= 11 is 1.85. The molecule has 0 radical (unpaired) electrons. The largest absolute Gasteiger partial charge is 0.379 e. The van der Waals surface area contributed by atoms with Gasteiger partial charge in [0.15, 0.2) is 0 Å². The predicted molar refractivity (Wildman–Crippen MR) is 135 cm³/mol. The molecule has 1 spiro atoms. The van der Waals surface area contributed by atoms with Crippen LogP contribution in [0.3, 0.4) is 0 Å². The maximum atomic E-state index is 13.5. The lowest BCUT2D eigenvalue weighted by atomic mass is 9.93. The number of ether oxygens (including phenoxy) is 2. The van der Waals surface area contributed by atoms with E-state index in [0.717, 1.165) is 56.5 Å². The van der Waals surface area contributed by atoms with Crippen LogP contribution in [-0.4, -0.2) is 68.7 Å². The van der Waals surface area contributed by atoms with Crippen LogP contribution < -0.4 is 15.1 Å². The summed E-state index contributed by atoms with van der Waals surface area (Å²) in [6.45, 7) is 6.69. The molecule has 6 rings (SSSR count).